The third-order valence-corrected chi connectivity index (χ3v) is 9.03. The van der Waals surface area contributed by atoms with Crippen molar-refractivity contribution in [1.29, 1.82) is 0 Å². The molecule has 9 heteroatoms. The molecule has 39 heavy (non-hydrogen) atoms. The Morgan fingerprint density at radius 2 is 1.74 bits per heavy atom. The molecule has 0 spiro atoms. The van der Waals surface area contributed by atoms with Crippen LogP contribution in [0.3, 0.4) is 0 Å². The predicted octanol–water partition coefficient (Wildman–Crippen LogP) is 6.51. The van der Waals surface area contributed by atoms with Crippen LogP contribution in [0.4, 0.5) is 5.00 Å². The molecule has 198 valence electrons. The highest BCUT2D eigenvalue weighted by atomic mass is 32.1. The number of aromatic nitrogens is 2. The molecule has 0 aliphatic rings. The molecule has 7 nitrogen and oxygen atoms in total. The van der Waals surface area contributed by atoms with Gasteiger partial charge in [0.15, 0.2) is 0 Å². The van der Waals surface area contributed by atoms with Crippen molar-refractivity contribution in [3.05, 3.63) is 103 Å². The number of anilines is 1. The number of nitrogens with one attached hydrogen (secondary N) is 1. The number of hydrogen-bond acceptors (Lipinski definition) is 7. The highest BCUT2D eigenvalue weighted by Crippen LogP contribution is 2.41. The van der Waals surface area contributed by atoms with Gasteiger partial charge in [0, 0.05) is 10.4 Å². The van der Waals surface area contributed by atoms with Gasteiger partial charge < -0.3 is 10.1 Å². The van der Waals surface area contributed by atoms with Gasteiger partial charge in [0.1, 0.15) is 15.4 Å². The van der Waals surface area contributed by atoms with Crippen LogP contribution in [-0.4, -0.2) is 28.5 Å². The van der Waals surface area contributed by atoms with Crippen LogP contribution in [-0.2, 0) is 11.3 Å². The Hall–Kier alpha value is -4.08. The van der Waals surface area contributed by atoms with Crippen LogP contribution in [0.2, 0.25) is 0 Å². The Kier molecular flexibility index (Phi) is 7.20. The first-order valence-electron chi connectivity index (χ1n) is 12.3. The van der Waals surface area contributed by atoms with Gasteiger partial charge in [0.05, 0.1) is 30.2 Å². The third kappa shape index (κ3) is 4.91. The number of rotatable bonds is 6. The van der Waals surface area contributed by atoms with Gasteiger partial charge in [-0.1, -0.05) is 48.5 Å². The van der Waals surface area contributed by atoms with Crippen LogP contribution in [0.25, 0.3) is 21.3 Å². The zero-order valence-electron chi connectivity index (χ0n) is 22.2. The molecule has 0 aliphatic heterocycles. The average Bonchev–Trinajstić information content (AvgIpc) is 3.44. The molecular weight excluding hydrogens is 530 g/mol. The lowest BCUT2D eigenvalue weighted by Gasteiger charge is -2.09. The first-order chi connectivity index (χ1) is 18.7. The van der Waals surface area contributed by atoms with E-state index in [0.717, 1.165) is 44.0 Å². The van der Waals surface area contributed by atoms with E-state index in [0.29, 0.717) is 37.8 Å². The second-order valence-corrected chi connectivity index (χ2v) is 11.6. The molecule has 0 aliphatic carbocycles. The van der Waals surface area contributed by atoms with Crippen LogP contribution in [0, 0.1) is 27.7 Å². The Labute approximate surface area is 233 Å². The van der Waals surface area contributed by atoms with E-state index >= 15 is 0 Å². The van der Waals surface area contributed by atoms with Gasteiger partial charge in [-0.25, -0.2) is 9.78 Å². The summed E-state index contributed by atoms with van der Waals surface area (Å²) in [5.41, 5.74) is 5.54. The summed E-state index contributed by atoms with van der Waals surface area (Å²) in [5.74, 6) is -0.927. The first-order valence-corrected chi connectivity index (χ1v) is 14.0. The number of nitrogens with zero attached hydrogens (tertiary/aromatic N) is 2. The fraction of sp³-hybridized carbons (Fsp3) is 0.200. The fourth-order valence-corrected chi connectivity index (χ4v) is 6.70. The van der Waals surface area contributed by atoms with E-state index in [4.69, 9.17) is 4.74 Å². The van der Waals surface area contributed by atoms with Crippen molar-refractivity contribution in [3.8, 4) is 11.1 Å². The van der Waals surface area contributed by atoms with Crippen molar-refractivity contribution < 1.29 is 14.3 Å². The molecule has 0 atom stereocenters. The van der Waals surface area contributed by atoms with Crippen LogP contribution >= 0.6 is 22.7 Å². The molecule has 3 aromatic heterocycles. The van der Waals surface area contributed by atoms with Crippen molar-refractivity contribution in [2.45, 2.75) is 34.2 Å². The van der Waals surface area contributed by atoms with E-state index in [9.17, 15) is 14.4 Å². The number of fused-ring (bicyclic) bond motifs is 1. The molecule has 2 aromatic carbocycles. The number of methoxy groups -OCH3 is 1. The van der Waals surface area contributed by atoms with E-state index in [1.165, 1.54) is 24.8 Å². The standard InChI is InChI=1S/C30H27N3O4S2/c1-16-11-12-21(13-17(16)2)23-19(4)38-28(24(23)30(36)37-5)32-26(34)25-18(3)22-27(39-25)31-15-33(29(22)35)14-20-9-7-6-8-10-20/h6-13,15H,14H2,1-5H3,(H,32,34). The van der Waals surface area contributed by atoms with E-state index in [1.54, 1.807) is 11.5 Å². The monoisotopic (exact) mass is 557 g/mol. The van der Waals surface area contributed by atoms with Gasteiger partial charge in [-0.05, 0) is 55.5 Å². The van der Waals surface area contributed by atoms with Crippen LogP contribution in [0.15, 0.2) is 59.7 Å². The zero-order valence-corrected chi connectivity index (χ0v) is 23.9. The summed E-state index contributed by atoms with van der Waals surface area (Å²) in [6.07, 6.45) is 1.52. The van der Waals surface area contributed by atoms with E-state index in [1.807, 2.05) is 69.3 Å². The SMILES string of the molecule is COC(=O)c1c(NC(=O)c2sc3ncn(Cc4ccccc4)c(=O)c3c2C)sc(C)c1-c1ccc(C)c(C)c1. The number of ether oxygens (including phenoxy) is 1. The molecule has 0 fully saturated rings. The molecule has 5 aromatic rings. The summed E-state index contributed by atoms with van der Waals surface area (Å²) < 4.78 is 6.66. The predicted molar refractivity (Wildman–Crippen MR) is 157 cm³/mol. The summed E-state index contributed by atoms with van der Waals surface area (Å²) in [6, 6.07) is 15.7. The second kappa shape index (κ2) is 10.6. The lowest BCUT2D eigenvalue weighted by Crippen LogP contribution is -2.21. The summed E-state index contributed by atoms with van der Waals surface area (Å²) in [7, 11) is 1.33. The van der Waals surface area contributed by atoms with Gasteiger partial charge in [-0.3, -0.25) is 14.2 Å². The fourth-order valence-electron chi connectivity index (χ4n) is 4.60. The largest absolute Gasteiger partial charge is 0.465 e. The minimum absolute atomic E-state index is 0.198. The topological polar surface area (TPSA) is 90.3 Å². The summed E-state index contributed by atoms with van der Waals surface area (Å²) in [5, 5.41) is 3.76. The van der Waals surface area contributed by atoms with Crippen molar-refractivity contribution in [3.63, 3.8) is 0 Å². The highest BCUT2D eigenvalue weighted by molar-refractivity contribution is 7.21. The van der Waals surface area contributed by atoms with Crippen molar-refractivity contribution >= 4 is 49.8 Å². The molecule has 0 saturated carbocycles. The van der Waals surface area contributed by atoms with Crippen LogP contribution in [0.5, 0.6) is 0 Å². The first kappa shape index (κ1) is 26.5. The van der Waals surface area contributed by atoms with Gasteiger partial charge in [0.2, 0.25) is 0 Å². The third-order valence-electron chi connectivity index (χ3n) is 6.82. The molecule has 1 N–H and O–H groups in total. The molecule has 3 heterocycles. The molecular formula is C30H27N3O4S2. The van der Waals surface area contributed by atoms with Gasteiger partial charge in [-0.15, -0.1) is 22.7 Å². The molecule has 0 unspecified atom stereocenters. The minimum Gasteiger partial charge on any atom is -0.465 e. The quantitative estimate of drug-likeness (QED) is 0.241. The Morgan fingerprint density at radius 3 is 2.44 bits per heavy atom. The molecule has 1 amide bonds. The number of carbonyl (C=O) groups excluding carboxylic acids is 2. The number of hydrogen-bond donors (Lipinski definition) is 1. The number of esters is 1. The number of carbonyl (C=O) groups is 2. The normalized spacial score (nSPS) is 11.1. The lowest BCUT2D eigenvalue weighted by molar-refractivity contribution is 0.0603. The number of benzene rings is 2. The maximum Gasteiger partial charge on any atom is 0.341 e. The van der Waals surface area contributed by atoms with Crippen molar-refractivity contribution in [1.82, 2.24) is 9.55 Å². The van der Waals surface area contributed by atoms with E-state index < -0.39 is 11.9 Å². The Balaban J connectivity index is 1.53. The number of thiophene rings is 2. The maximum absolute atomic E-state index is 13.5. The highest BCUT2D eigenvalue weighted by Gasteiger charge is 2.27. The molecule has 0 bridgehead atoms. The van der Waals surface area contributed by atoms with Gasteiger partial charge >= 0.3 is 5.97 Å². The van der Waals surface area contributed by atoms with Crippen molar-refractivity contribution in [2.75, 3.05) is 12.4 Å². The minimum atomic E-state index is -0.526. The van der Waals surface area contributed by atoms with E-state index in [2.05, 4.69) is 10.3 Å². The average molecular weight is 558 g/mol. The molecule has 5 rings (SSSR count). The summed E-state index contributed by atoms with van der Waals surface area (Å²) >= 11 is 2.49. The summed E-state index contributed by atoms with van der Waals surface area (Å²) in [6.45, 7) is 8.11. The molecule has 0 radical (unpaired) electrons. The second-order valence-electron chi connectivity index (χ2n) is 9.38. The number of aryl methyl sites for hydroxylation is 4. The van der Waals surface area contributed by atoms with Gasteiger partial charge in [-0.2, -0.15) is 0 Å². The number of amides is 1. The van der Waals surface area contributed by atoms with Crippen LogP contribution < -0.4 is 10.9 Å². The zero-order chi connectivity index (χ0) is 27.8. The van der Waals surface area contributed by atoms with Crippen LogP contribution in [0.1, 0.15) is 47.2 Å². The Morgan fingerprint density at radius 1 is 1.00 bits per heavy atom. The van der Waals surface area contributed by atoms with Crippen molar-refractivity contribution in [2.24, 2.45) is 0 Å². The van der Waals surface area contributed by atoms with Gasteiger partial charge in [0.25, 0.3) is 11.5 Å². The smallest absolute Gasteiger partial charge is 0.341 e. The maximum atomic E-state index is 13.5. The Bertz CT molecular complexity index is 1800. The lowest BCUT2D eigenvalue weighted by atomic mass is 9.97. The summed E-state index contributed by atoms with van der Waals surface area (Å²) in [4.78, 5) is 46.0. The molecule has 0 saturated heterocycles. The van der Waals surface area contributed by atoms with E-state index in [-0.39, 0.29) is 5.56 Å².